The quantitative estimate of drug-likeness (QED) is 0.728. The third-order valence-electron chi connectivity index (χ3n) is 5.38. The number of nitrogens with zero attached hydrogens (tertiary/aromatic N) is 2. The van der Waals surface area contributed by atoms with E-state index in [1.54, 1.807) is 0 Å². The lowest BCUT2D eigenvalue weighted by atomic mass is 10.0. The van der Waals surface area contributed by atoms with Gasteiger partial charge in [0.2, 0.25) is 0 Å². The summed E-state index contributed by atoms with van der Waals surface area (Å²) in [6.07, 6.45) is 0. The predicted octanol–water partition coefficient (Wildman–Crippen LogP) is 4.08. The molecular formula is C23H30N4OS. The fourth-order valence-electron chi connectivity index (χ4n) is 3.43. The minimum Gasteiger partial charge on any atom is -0.369 e. The number of carbonyl (C=O) groups is 1. The Balaban J connectivity index is 1.52. The second-order valence-corrected chi connectivity index (χ2v) is 8.06. The van der Waals surface area contributed by atoms with Gasteiger partial charge in [-0.25, -0.2) is 0 Å². The summed E-state index contributed by atoms with van der Waals surface area (Å²) in [5.74, 6) is 0.233. The van der Waals surface area contributed by atoms with Gasteiger partial charge in [-0.3, -0.25) is 10.1 Å². The van der Waals surface area contributed by atoms with Gasteiger partial charge in [0.05, 0.1) is 0 Å². The van der Waals surface area contributed by atoms with Crippen molar-refractivity contribution in [1.82, 2.24) is 10.2 Å². The lowest BCUT2D eigenvalue weighted by Gasteiger charge is -2.35. The molecule has 1 saturated heterocycles. The average Bonchev–Trinajstić information content (AvgIpc) is 2.74. The van der Waals surface area contributed by atoms with E-state index in [4.69, 9.17) is 12.2 Å². The number of rotatable bonds is 5. The predicted molar refractivity (Wildman–Crippen MR) is 125 cm³/mol. The molecule has 2 aromatic rings. The number of hydrogen-bond acceptors (Lipinski definition) is 4. The maximum Gasteiger partial charge on any atom is 0.257 e. The Morgan fingerprint density at radius 3 is 2.17 bits per heavy atom. The van der Waals surface area contributed by atoms with Crippen molar-refractivity contribution in [3.8, 4) is 0 Å². The number of amides is 1. The molecule has 0 bridgehead atoms. The summed E-state index contributed by atoms with van der Waals surface area (Å²) >= 11 is 5.30. The second kappa shape index (κ2) is 9.85. The molecule has 2 N–H and O–H groups in total. The maximum atomic E-state index is 12.4. The summed E-state index contributed by atoms with van der Waals surface area (Å²) in [6, 6.07) is 15.8. The average molecular weight is 411 g/mol. The Morgan fingerprint density at radius 1 is 1.00 bits per heavy atom. The first-order valence-electron chi connectivity index (χ1n) is 10.3. The highest BCUT2D eigenvalue weighted by Crippen LogP contribution is 2.19. The van der Waals surface area contributed by atoms with Crippen LogP contribution in [0.4, 0.5) is 11.4 Å². The van der Waals surface area contributed by atoms with Crippen LogP contribution in [0.1, 0.15) is 42.6 Å². The molecule has 1 aliphatic heterocycles. The maximum absolute atomic E-state index is 12.4. The van der Waals surface area contributed by atoms with E-state index in [0.29, 0.717) is 16.6 Å². The van der Waals surface area contributed by atoms with Crippen LogP contribution in [0.25, 0.3) is 0 Å². The van der Waals surface area contributed by atoms with E-state index in [0.717, 1.165) is 38.4 Å². The lowest BCUT2D eigenvalue weighted by Crippen LogP contribution is -2.46. The van der Waals surface area contributed by atoms with Crippen molar-refractivity contribution < 1.29 is 4.79 Å². The molecule has 6 heteroatoms. The summed E-state index contributed by atoms with van der Waals surface area (Å²) in [5.41, 5.74) is 3.88. The van der Waals surface area contributed by atoms with Crippen LogP contribution >= 0.6 is 12.2 Å². The van der Waals surface area contributed by atoms with Crippen LogP contribution in [-0.4, -0.2) is 48.6 Å². The molecule has 2 aromatic carbocycles. The zero-order valence-electron chi connectivity index (χ0n) is 17.4. The number of anilines is 2. The van der Waals surface area contributed by atoms with Crippen molar-refractivity contribution in [3.05, 3.63) is 59.7 Å². The molecule has 29 heavy (non-hydrogen) atoms. The molecule has 0 aromatic heterocycles. The molecule has 0 radical (unpaired) electrons. The largest absolute Gasteiger partial charge is 0.369 e. The first-order chi connectivity index (χ1) is 14.0. The molecule has 5 nitrogen and oxygen atoms in total. The fraction of sp³-hybridized carbons (Fsp3) is 0.391. The number of thiocarbonyl (C=S) groups is 1. The molecule has 0 spiro atoms. The third kappa shape index (κ3) is 5.78. The standard InChI is InChI=1S/C23H30N4OS/c1-4-26-13-15-27(16-14-26)21-11-9-20(10-12-21)24-23(29)25-22(28)19-7-5-18(6-8-19)17(2)3/h5-12,17H,4,13-16H2,1-3H3,(H2,24,25,28,29). The van der Waals surface area contributed by atoms with Crippen molar-refractivity contribution in [2.75, 3.05) is 42.9 Å². The summed E-state index contributed by atoms with van der Waals surface area (Å²) in [6.45, 7) is 11.9. The van der Waals surface area contributed by atoms with Crippen molar-refractivity contribution in [2.45, 2.75) is 26.7 Å². The molecule has 0 unspecified atom stereocenters. The van der Waals surface area contributed by atoms with Crippen LogP contribution in [0, 0.1) is 0 Å². The van der Waals surface area contributed by atoms with Crippen molar-refractivity contribution in [2.24, 2.45) is 0 Å². The minimum atomic E-state index is -0.205. The Kier molecular flexibility index (Phi) is 7.23. The van der Waals surface area contributed by atoms with Gasteiger partial charge in [0.15, 0.2) is 5.11 Å². The van der Waals surface area contributed by atoms with Crippen molar-refractivity contribution in [3.63, 3.8) is 0 Å². The van der Waals surface area contributed by atoms with Crippen LogP contribution in [-0.2, 0) is 0 Å². The molecule has 3 rings (SSSR count). The van der Waals surface area contributed by atoms with E-state index in [1.165, 1.54) is 11.3 Å². The Bertz CT molecular complexity index is 825. The van der Waals surface area contributed by atoms with Crippen molar-refractivity contribution in [1.29, 1.82) is 0 Å². The van der Waals surface area contributed by atoms with Gasteiger partial charge in [0, 0.05) is 43.1 Å². The van der Waals surface area contributed by atoms with Gasteiger partial charge in [-0.1, -0.05) is 32.9 Å². The van der Waals surface area contributed by atoms with E-state index in [-0.39, 0.29) is 5.91 Å². The Labute approximate surface area is 179 Å². The summed E-state index contributed by atoms with van der Waals surface area (Å²) in [5, 5.41) is 6.14. The van der Waals surface area contributed by atoms with Gasteiger partial charge in [0.25, 0.3) is 5.91 Å². The number of nitrogens with one attached hydrogen (secondary N) is 2. The molecule has 0 atom stereocenters. The first-order valence-corrected chi connectivity index (χ1v) is 10.7. The fourth-order valence-corrected chi connectivity index (χ4v) is 3.65. The molecule has 1 aliphatic rings. The second-order valence-electron chi connectivity index (χ2n) is 7.65. The molecular weight excluding hydrogens is 380 g/mol. The number of carbonyl (C=O) groups excluding carboxylic acids is 1. The van der Waals surface area contributed by atoms with E-state index in [1.807, 2.05) is 36.4 Å². The first kappa shape index (κ1) is 21.3. The number of piperazine rings is 1. The highest BCUT2D eigenvalue weighted by atomic mass is 32.1. The highest BCUT2D eigenvalue weighted by Gasteiger charge is 2.15. The third-order valence-corrected chi connectivity index (χ3v) is 5.58. The highest BCUT2D eigenvalue weighted by molar-refractivity contribution is 7.80. The van der Waals surface area contributed by atoms with E-state index >= 15 is 0 Å². The molecule has 1 heterocycles. The summed E-state index contributed by atoms with van der Waals surface area (Å²) in [4.78, 5) is 17.3. The molecule has 1 fully saturated rings. The van der Waals surface area contributed by atoms with E-state index in [2.05, 4.69) is 53.3 Å². The smallest absolute Gasteiger partial charge is 0.257 e. The summed E-state index contributed by atoms with van der Waals surface area (Å²) < 4.78 is 0. The van der Waals surface area contributed by atoms with Crippen LogP contribution in [0.5, 0.6) is 0 Å². The zero-order valence-corrected chi connectivity index (χ0v) is 18.3. The van der Waals surface area contributed by atoms with Gasteiger partial charge < -0.3 is 15.1 Å². The van der Waals surface area contributed by atoms with Crippen LogP contribution in [0.2, 0.25) is 0 Å². The zero-order chi connectivity index (χ0) is 20.8. The lowest BCUT2D eigenvalue weighted by molar-refractivity contribution is 0.0977. The van der Waals surface area contributed by atoms with E-state index in [9.17, 15) is 4.79 Å². The van der Waals surface area contributed by atoms with Crippen LogP contribution < -0.4 is 15.5 Å². The van der Waals surface area contributed by atoms with Crippen LogP contribution in [0.3, 0.4) is 0 Å². The Hall–Kier alpha value is -2.44. The molecule has 0 saturated carbocycles. The number of hydrogen-bond donors (Lipinski definition) is 2. The van der Waals surface area contributed by atoms with Crippen molar-refractivity contribution >= 4 is 34.6 Å². The molecule has 0 aliphatic carbocycles. The van der Waals surface area contributed by atoms with Gasteiger partial charge in [-0.2, -0.15) is 0 Å². The molecule has 1 amide bonds. The number of likely N-dealkylation sites (N-methyl/N-ethyl adjacent to an activating group) is 1. The van der Waals surface area contributed by atoms with E-state index < -0.39 is 0 Å². The monoisotopic (exact) mass is 410 g/mol. The minimum absolute atomic E-state index is 0.205. The topological polar surface area (TPSA) is 47.6 Å². The normalized spacial score (nSPS) is 14.7. The summed E-state index contributed by atoms with van der Waals surface area (Å²) in [7, 11) is 0. The van der Waals surface area contributed by atoms with Gasteiger partial charge in [-0.15, -0.1) is 0 Å². The van der Waals surface area contributed by atoms with Gasteiger partial charge in [-0.05, 0) is 66.6 Å². The Morgan fingerprint density at radius 2 is 1.62 bits per heavy atom. The van der Waals surface area contributed by atoms with Crippen LogP contribution in [0.15, 0.2) is 48.5 Å². The number of benzene rings is 2. The molecule has 154 valence electrons. The van der Waals surface area contributed by atoms with Gasteiger partial charge >= 0.3 is 0 Å². The SMILES string of the molecule is CCN1CCN(c2ccc(NC(=S)NC(=O)c3ccc(C(C)C)cc3)cc2)CC1. The van der Waals surface area contributed by atoms with Gasteiger partial charge in [0.1, 0.15) is 0 Å².